The third kappa shape index (κ3) is 2.22. The smallest absolute Gasteiger partial charge is 0.231 e. The Morgan fingerprint density at radius 3 is 2.08 bits per heavy atom. The normalized spacial score (nSPS) is 13.7. The van der Waals surface area contributed by atoms with Gasteiger partial charge in [-0.15, -0.1) is 0 Å². The molecule has 0 aromatic heterocycles. The third-order valence-corrected chi connectivity index (χ3v) is 4.31. The van der Waals surface area contributed by atoms with Gasteiger partial charge in [-0.3, -0.25) is 4.79 Å². The van der Waals surface area contributed by atoms with E-state index in [9.17, 15) is 9.90 Å². The lowest BCUT2D eigenvalue weighted by Crippen LogP contribution is -2.02. The molecule has 2 aliphatic heterocycles. The first-order valence-corrected chi connectivity index (χ1v) is 7.79. The zero-order valence-electron chi connectivity index (χ0n) is 14.2. The molecular formula is C18H16O8. The SMILES string of the molecule is COc1c2c(cc(C=O)c1-c1c(CO)cc3c(c1OC)OCO3)OCO2. The fraction of sp³-hybridized carbons (Fsp3) is 0.278. The van der Waals surface area contributed by atoms with Gasteiger partial charge in [-0.2, -0.15) is 0 Å². The van der Waals surface area contributed by atoms with Crippen LogP contribution >= 0.6 is 0 Å². The standard InChI is InChI=1S/C18H16O8/c1-21-17-13(9(5-19)3-11-15(17)25-7-23-11)14-10(6-20)4-12-16(18(14)22-2)26-8-24-12/h3-5,20H,6-8H2,1-2H3. The summed E-state index contributed by atoms with van der Waals surface area (Å²) in [5, 5.41) is 9.91. The number of benzene rings is 2. The second kappa shape index (κ2) is 6.30. The van der Waals surface area contributed by atoms with Crippen LogP contribution < -0.4 is 28.4 Å². The summed E-state index contributed by atoms with van der Waals surface area (Å²) in [7, 11) is 2.94. The van der Waals surface area contributed by atoms with Gasteiger partial charge in [0.05, 0.1) is 20.8 Å². The first-order valence-electron chi connectivity index (χ1n) is 7.79. The molecule has 0 saturated heterocycles. The van der Waals surface area contributed by atoms with E-state index in [1.807, 2.05) is 0 Å². The highest BCUT2D eigenvalue weighted by atomic mass is 16.7. The van der Waals surface area contributed by atoms with Gasteiger partial charge in [0.2, 0.25) is 25.1 Å². The number of carbonyl (C=O) groups excluding carboxylic acids is 1. The van der Waals surface area contributed by atoms with Crippen molar-refractivity contribution in [1.29, 1.82) is 0 Å². The van der Waals surface area contributed by atoms with Gasteiger partial charge < -0.3 is 33.5 Å². The number of aliphatic hydroxyl groups excluding tert-OH is 1. The van der Waals surface area contributed by atoms with E-state index in [1.54, 1.807) is 12.1 Å². The van der Waals surface area contributed by atoms with Crippen molar-refractivity contribution in [2.45, 2.75) is 6.61 Å². The summed E-state index contributed by atoms with van der Waals surface area (Å²) in [4.78, 5) is 11.8. The molecule has 4 rings (SSSR count). The number of aliphatic hydroxyl groups is 1. The second-order valence-electron chi connectivity index (χ2n) is 5.56. The number of aldehydes is 1. The quantitative estimate of drug-likeness (QED) is 0.811. The maximum atomic E-state index is 11.8. The predicted molar refractivity (Wildman–Crippen MR) is 88.5 cm³/mol. The lowest BCUT2D eigenvalue weighted by atomic mass is 9.92. The van der Waals surface area contributed by atoms with Crippen molar-refractivity contribution in [2.24, 2.45) is 0 Å². The molecule has 0 unspecified atom stereocenters. The Morgan fingerprint density at radius 1 is 0.962 bits per heavy atom. The largest absolute Gasteiger partial charge is 0.492 e. The minimum atomic E-state index is -0.307. The predicted octanol–water partition coefficient (Wildman–Crippen LogP) is 2.13. The van der Waals surface area contributed by atoms with Crippen molar-refractivity contribution < 1.29 is 38.3 Å². The molecule has 8 nitrogen and oxygen atoms in total. The van der Waals surface area contributed by atoms with Gasteiger partial charge in [-0.1, -0.05) is 0 Å². The van der Waals surface area contributed by atoms with Gasteiger partial charge in [-0.05, 0) is 17.7 Å². The summed E-state index contributed by atoms with van der Waals surface area (Å²) in [6.45, 7) is -0.240. The molecule has 2 aromatic rings. The molecule has 1 N–H and O–H groups in total. The van der Waals surface area contributed by atoms with Crippen molar-refractivity contribution in [3.05, 3.63) is 23.3 Å². The van der Waals surface area contributed by atoms with Crippen molar-refractivity contribution in [3.63, 3.8) is 0 Å². The molecule has 2 aliphatic rings. The van der Waals surface area contributed by atoms with Crippen LogP contribution in [0, 0.1) is 0 Å². The molecule has 136 valence electrons. The number of hydrogen-bond acceptors (Lipinski definition) is 8. The van der Waals surface area contributed by atoms with Crippen LogP contribution in [-0.4, -0.2) is 39.2 Å². The molecule has 2 heterocycles. The lowest BCUT2D eigenvalue weighted by molar-refractivity contribution is 0.112. The minimum absolute atomic E-state index is 0.0264. The molecule has 0 radical (unpaired) electrons. The average Bonchev–Trinajstić information content (AvgIpc) is 3.33. The van der Waals surface area contributed by atoms with Crippen molar-refractivity contribution in [2.75, 3.05) is 27.8 Å². The van der Waals surface area contributed by atoms with Crippen LogP contribution in [0.5, 0.6) is 34.5 Å². The summed E-state index contributed by atoms with van der Waals surface area (Å²) in [5.74, 6) is 2.31. The average molecular weight is 360 g/mol. The Bertz CT molecular complexity index is 890. The van der Waals surface area contributed by atoms with E-state index in [4.69, 9.17) is 28.4 Å². The molecule has 0 atom stereocenters. The molecule has 0 fully saturated rings. The Labute approximate surface area is 148 Å². The number of ether oxygens (including phenoxy) is 6. The van der Waals surface area contributed by atoms with Gasteiger partial charge >= 0.3 is 0 Å². The van der Waals surface area contributed by atoms with Crippen molar-refractivity contribution in [1.82, 2.24) is 0 Å². The van der Waals surface area contributed by atoms with E-state index in [0.29, 0.717) is 63.0 Å². The van der Waals surface area contributed by atoms with E-state index in [2.05, 4.69) is 0 Å². The summed E-state index contributed by atoms with van der Waals surface area (Å²) in [5.41, 5.74) is 1.69. The van der Waals surface area contributed by atoms with Gasteiger partial charge in [0.15, 0.2) is 29.3 Å². The molecule has 0 aliphatic carbocycles. The van der Waals surface area contributed by atoms with E-state index >= 15 is 0 Å². The van der Waals surface area contributed by atoms with E-state index in [0.717, 1.165) is 0 Å². The lowest BCUT2D eigenvalue weighted by Gasteiger charge is -2.19. The molecular weight excluding hydrogens is 344 g/mol. The Hall–Kier alpha value is -3.13. The first-order chi connectivity index (χ1) is 12.7. The molecule has 2 aromatic carbocycles. The zero-order chi connectivity index (χ0) is 18.3. The maximum Gasteiger partial charge on any atom is 0.231 e. The number of hydrogen-bond donors (Lipinski definition) is 1. The van der Waals surface area contributed by atoms with Gasteiger partial charge in [0.1, 0.15) is 0 Å². The highest BCUT2D eigenvalue weighted by Gasteiger charge is 2.32. The molecule has 0 amide bonds. The summed E-state index contributed by atoms with van der Waals surface area (Å²) in [6, 6.07) is 3.22. The zero-order valence-corrected chi connectivity index (χ0v) is 14.2. The first kappa shape index (κ1) is 16.3. The van der Waals surface area contributed by atoms with Crippen LogP contribution in [0.25, 0.3) is 11.1 Å². The Kier molecular flexibility index (Phi) is 3.96. The molecule has 8 heteroatoms. The highest BCUT2D eigenvalue weighted by Crippen LogP contribution is 2.55. The van der Waals surface area contributed by atoms with Crippen molar-refractivity contribution in [3.8, 4) is 45.6 Å². The van der Waals surface area contributed by atoms with Crippen LogP contribution in [0.3, 0.4) is 0 Å². The third-order valence-electron chi connectivity index (χ3n) is 4.31. The minimum Gasteiger partial charge on any atom is -0.492 e. The van der Waals surface area contributed by atoms with E-state index < -0.39 is 0 Å². The van der Waals surface area contributed by atoms with Crippen LogP contribution in [0.4, 0.5) is 0 Å². The van der Waals surface area contributed by atoms with Gasteiger partial charge in [0, 0.05) is 16.7 Å². The molecule has 0 saturated carbocycles. The van der Waals surface area contributed by atoms with Crippen LogP contribution in [0.1, 0.15) is 15.9 Å². The summed E-state index contributed by atoms with van der Waals surface area (Å²) in [6.07, 6.45) is 0.686. The number of carbonyl (C=O) groups is 1. The monoisotopic (exact) mass is 360 g/mol. The van der Waals surface area contributed by atoms with Crippen LogP contribution in [0.15, 0.2) is 12.1 Å². The number of rotatable bonds is 5. The van der Waals surface area contributed by atoms with Crippen molar-refractivity contribution >= 4 is 6.29 Å². The summed E-state index contributed by atoms with van der Waals surface area (Å²) >= 11 is 0. The molecule has 0 spiro atoms. The summed E-state index contributed by atoms with van der Waals surface area (Å²) < 4.78 is 32.9. The Morgan fingerprint density at radius 2 is 1.54 bits per heavy atom. The fourth-order valence-corrected chi connectivity index (χ4v) is 3.23. The highest BCUT2D eigenvalue weighted by molar-refractivity contribution is 5.97. The van der Waals surface area contributed by atoms with E-state index in [1.165, 1.54) is 14.2 Å². The molecule has 26 heavy (non-hydrogen) atoms. The Balaban J connectivity index is 2.09. The van der Waals surface area contributed by atoms with Crippen LogP contribution in [-0.2, 0) is 6.61 Å². The number of methoxy groups -OCH3 is 2. The molecule has 0 bridgehead atoms. The van der Waals surface area contributed by atoms with Crippen LogP contribution in [0.2, 0.25) is 0 Å². The second-order valence-corrected chi connectivity index (χ2v) is 5.56. The number of fused-ring (bicyclic) bond motifs is 2. The van der Waals surface area contributed by atoms with E-state index in [-0.39, 0.29) is 20.2 Å². The maximum absolute atomic E-state index is 11.8. The topological polar surface area (TPSA) is 92.7 Å². The van der Waals surface area contributed by atoms with Gasteiger partial charge in [0.25, 0.3) is 0 Å². The van der Waals surface area contributed by atoms with Gasteiger partial charge in [-0.25, -0.2) is 0 Å². The fourth-order valence-electron chi connectivity index (χ4n) is 3.23.